The highest BCUT2D eigenvalue weighted by Gasteiger charge is 2.21. The third-order valence-electron chi connectivity index (χ3n) is 6.41. The van der Waals surface area contributed by atoms with Crippen LogP contribution in [0.2, 0.25) is 5.02 Å². The van der Waals surface area contributed by atoms with Crippen LogP contribution in [0.5, 0.6) is 5.75 Å². The van der Waals surface area contributed by atoms with Crippen LogP contribution in [0.15, 0.2) is 60.7 Å². The summed E-state index contributed by atoms with van der Waals surface area (Å²) in [6, 6.07) is 21.3. The fourth-order valence-corrected chi connectivity index (χ4v) is 4.74. The van der Waals surface area contributed by atoms with Crippen molar-refractivity contribution in [2.45, 2.75) is 32.4 Å². The van der Waals surface area contributed by atoms with Gasteiger partial charge in [0.1, 0.15) is 5.75 Å². The Morgan fingerprint density at radius 1 is 0.969 bits per heavy atom. The average molecular weight is 446 g/mol. The van der Waals surface area contributed by atoms with Gasteiger partial charge >= 0.3 is 0 Å². The maximum absolute atomic E-state index is 6.27. The number of anilines is 1. The van der Waals surface area contributed by atoms with Crippen molar-refractivity contribution in [3.05, 3.63) is 76.8 Å². The Hall–Kier alpha value is -2.82. The van der Waals surface area contributed by atoms with Gasteiger partial charge in [-0.15, -0.1) is 0 Å². The molecule has 5 heteroatoms. The normalized spacial score (nSPS) is 15.3. The molecule has 164 valence electrons. The van der Waals surface area contributed by atoms with Crippen LogP contribution < -0.4 is 10.1 Å². The van der Waals surface area contributed by atoms with Crippen LogP contribution in [0.4, 0.5) is 5.69 Å². The number of nitrogens with one attached hydrogen (secondary N) is 1. The summed E-state index contributed by atoms with van der Waals surface area (Å²) >= 11 is 6.27. The molecular weight excluding hydrogens is 418 g/mol. The molecule has 0 radical (unpaired) electrons. The monoisotopic (exact) mass is 445 g/mol. The van der Waals surface area contributed by atoms with Crippen LogP contribution in [0.25, 0.3) is 21.8 Å². The van der Waals surface area contributed by atoms with Crippen LogP contribution in [-0.4, -0.2) is 36.1 Å². The lowest BCUT2D eigenvalue weighted by molar-refractivity contribution is 0.211. The van der Waals surface area contributed by atoms with Gasteiger partial charge in [-0.25, -0.2) is 4.98 Å². The van der Waals surface area contributed by atoms with E-state index >= 15 is 0 Å². The molecule has 4 nitrogen and oxygen atoms in total. The smallest absolute Gasteiger partial charge is 0.119 e. The van der Waals surface area contributed by atoms with Gasteiger partial charge in [0, 0.05) is 41.5 Å². The van der Waals surface area contributed by atoms with Crippen molar-refractivity contribution in [2.75, 3.05) is 25.5 Å². The number of methoxy groups -OCH3 is 1. The summed E-state index contributed by atoms with van der Waals surface area (Å²) in [7, 11) is 1.70. The third kappa shape index (κ3) is 4.38. The second-order valence-electron chi connectivity index (χ2n) is 8.71. The molecule has 1 fully saturated rings. The number of nitrogens with zero attached hydrogens (tertiary/aromatic N) is 2. The Labute approximate surface area is 194 Å². The molecule has 1 aliphatic rings. The minimum Gasteiger partial charge on any atom is -0.497 e. The number of piperidine rings is 1. The van der Waals surface area contributed by atoms with Crippen LogP contribution >= 0.6 is 11.6 Å². The topological polar surface area (TPSA) is 37.4 Å². The van der Waals surface area contributed by atoms with E-state index in [2.05, 4.69) is 53.5 Å². The summed E-state index contributed by atoms with van der Waals surface area (Å²) in [4.78, 5) is 7.39. The van der Waals surface area contributed by atoms with Gasteiger partial charge < -0.3 is 10.1 Å². The Morgan fingerprint density at radius 3 is 2.50 bits per heavy atom. The first kappa shape index (κ1) is 21.0. The van der Waals surface area contributed by atoms with E-state index in [4.69, 9.17) is 21.3 Å². The largest absolute Gasteiger partial charge is 0.497 e. The summed E-state index contributed by atoms with van der Waals surface area (Å²) in [5, 5.41) is 6.75. The Morgan fingerprint density at radius 2 is 1.75 bits per heavy atom. The number of aryl methyl sites for hydroxylation is 1. The molecule has 5 rings (SSSR count). The van der Waals surface area contributed by atoms with Crippen molar-refractivity contribution >= 4 is 39.1 Å². The lowest BCUT2D eigenvalue weighted by atomic mass is 10.0. The molecule has 4 aromatic rings. The molecule has 0 atom stereocenters. The van der Waals surface area contributed by atoms with Gasteiger partial charge in [0.25, 0.3) is 0 Å². The molecule has 0 bridgehead atoms. The number of benzene rings is 3. The SMILES string of the molecule is COc1ccc2nc3cc(Cl)ccc3c(NC3CCN(Cc4ccc(C)cc4)CC3)c2c1. The maximum atomic E-state index is 6.27. The average Bonchev–Trinajstić information content (AvgIpc) is 2.81. The highest BCUT2D eigenvalue weighted by molar-refractivity contribution is 6.31. The van der Waals surface area contributed by atoms with E-state index in [9.17, 15) is 0 Å². The number of halogens is 1. The molecule has 1 aromatic heterocycles. The van der Waals surface area contributed by atoms with Crippen LogP contribution in [0.1, 0.15) is 24.0 Å². The van der Waals surface area contributed by atoms with Crippen molar-refractivity contribution in [1.82, 2.24) is 9.88 Å². The predicted octanol–water partition coefficient (Wildman–Crippen LogP) is 6.43. The summed E-state index contributed by atoms with van der Waals surface area (Å²) < 4.78 is 5.49. The van der Waals surface area contributed by atoms with Crippen LogP contribution in [-0.2, 0) is 6.54 Å². The number of aromatic nitrogens is 1. The molecule has 1 N–H and O–H groups in total. The number of rotatable bonds is 5. The Balaban J connectivity index is 1.39. The first-order valence-electron chi connectivity index (χ1n) is 11.2. The van der Waals surface area contributed by atoms with E-state index in [1.165, 1.54) is 11.1 Å². The predicted molar refractivity (Wildman–Crippen MR) is 134 cm³/mol. The second-order valence-corrected chi connectivity index (χ2v) is 9.15. The van der Waals surface area contributed by atoms with Crippen molar-refractivity contribution < 1.29 is 4.74 Å². The molecule has 0 amide bonds. The zero-order chi connectivity index (χ0) is 22.1. The van der Waals surface area contributed by atoms with Crippen molar-refractivity contribution in [1.29, 1.82) is 0 Å². The summed E-state index contributed by atoms with van der Waals surface area (Å²) in [6.07, 6.45) is 2.21. The fraction of sp³-hybridized carbons (Fsp3) is 0.296. The number of fused-ring (bicyclic) bond motifs is 2. The minimum absolute atomic E-state index is 0.417. The molecule has 3 aromatic carbocycles. The highest BCUT2D eigenvalue weighted by atomic mass is 35.5. The van der Waals surface area contributed by atoms with E-state index in [1.54, 1.807) is 7.11 Å². The molecule has 2 heterocycles. The minimum atomic E-state index is 0.417. The summed E-state index contributed by atoms with van der Waals surface area (Å²) in [5.41, 5.74) is 5.68. The molecule has 32 heavy (non-hydrogen) atoms. The number of likely N-dealkylation sites (tertiary alicyclic amines) is 1. The zero-order valence-corrected chi connectivity index (χ0v) is 19.3. The number of ether oxygens (including phenoxy) is 1. The van der Waals surface area contributed by atoms with Gasteiger partial charge in [0.15, 0.2) is 0 Å². The molecule has 0 aliphatic carbocycles. The van der Waals surface area contributed by atoms with Gasteiger partial charge in [-0.3, -0.25) is 4.90 Å². The molecule has 1 saturated heterocycles. The van der Waals surface area contributed by atoms with Gasteiger partial charge in [-0.2, -0.15) is 0 Å². The molecule has 0 unspecified atom stereocenters. The van der Waals surface area contributed by atoms with Gasteiger partial charge in [0.05, 0.1) is 23.8 Å². The van der Waals surface area contributed by atoms with E-state index in [-0.39, 0.29) is 0 Å². The fourth-order valence-electron chi connectivity index (χ4n) is 4.57. The lowest BCUT2D eigenvalue weighted by Crippen LogP contribution is -2.38. The second kappa shape index (κ2) is 8.97. The lowest BCUT2D eigenvalue weighted by Gasteiger charge is -2.33. The van der Waals surface area contributed by atoms with Gasteiger partial charge in [0.2, 0.25) is 0 Å². The summed E-state index contributed by atoms with van der Waals surface area (Å²) in [5.74, 6) is 0.837. The highest BCUT2D eigenvalue weighted by Crippen LogP contribution is 2.35. The van der Waals surface area contributed by atoms with Crippen LogP contribution in [0.3, 0.4) is 0 Å². The van der Waals surface area contributed by atoms with Gasteiger partial charge in [-0.05, 0) is 61.7 Å². The van der Waals surface area contributed by atoms with Crippen molar-refractivity contribution in [3.63, 3.8) is 0 Å². The Bertz CT molecular complexity index is 1250. The van der Waals surface area contributed by atoms with E-state index < -0.39 is 0 Å². The maximum Gasteiger partial charge on any atom is 0.119 e. The van der Waals surface area contributed by atoms with E-state index in [0.29, 0.717) is 11.1 Å². The zero-order valence-electron chi connectivity index (χ0n) is 18.6. The Kier molecular flexibility index (Phi) is 5.90. The number of hydrogen-bond acceptors (Lipinski definition) is 4. The van der Waals surface area contributed by atoms with Gasteiger partial charge in [-0.1, -0.05) is 41.4 Å². The van der Waals surface area contributed by atoms with Crippen LogP contribution in [0, 0.1) is 6.92 Å². The van der Waals surface area contributed by atoms with Crippen molar-refractivity contribution in [2.24, 2.45) is 0 Å². The molecule has 1 aliphatic heterocycles. The van der Waals surface area contributed by atoms with E-state index in [1.807, 2.05) is 24.3 Å². The van der Waals surface area contributed by atoms with Crippen molar-refractivity contribution in [3.8, 4) is 5.75 Å². The number of hydrogen-bond donors (Lipinski definition) is 1. The number of pyridine rings is 1. The molecule has 0 spiro atoms. The standard InChI is InChI=1S/C27H28ClN3O/c1-18-3-5-19(6-4-18)17-31-13-11-21(12-14-31)29-27-23-9-7-20(28)15-26(23)30-25-10-8-22(32-2)16-24(25)27/h3-10,15-16,21H,11-14,17H2,1-2H3,(H,29,30). The third-order valence-corrected chi connectivity index (χ3v) is 6.64. The first-order chi connectivity index (χ1) is 15.6. The summed E-state index contributed by atoms with van der Waals surface area (Å²) in [6.45, 7) is 5.32. The molecular formula is C27H28ClN3O. The first-order valence-corrected chi connectivity index (χ1v) is 11.6. The molecule has 0 saturated carbocycles. The quantitative estimate of drug-likeness (QED) is 0.359. The van der Waals surface area contributed by atoms with E-state index in [0.717, 1.165) is 65.7 Å².